The van der Waals surface area contributed by atoms with E-state index in [1.54, 1.807) is 6.07 Å². The van der Waals surface area contributed by atoms with Crippen LogP contribution in [0.25, 0.3) is 22.2 Å². The van der Waals surface area contributed by atoms with Crippen molar-refractivity contribution >= 4 is 16.7 Å². The zero-order valence-electron chi connectivity index (χ0n) is 15.9. The van der Waals surface area contributed by atoms with E-state index in [9.17, 15) is 14.7 Å². The quantitative estimate of drug-likeness (QED) is 0.548. The third kappa shape index (κ3) is 3.08. The number of benzene rings is 2. The number of hydrogen-bond acceptors (Lipinski definition) is 3. The molecule has 1 aromatic rings. The lowest BCUT2D eigenvalue weighted by Gasteiger charge is -2.30. The molecule has 0 unspecified atom stereocenters. The summed E-state index contributed by atoms with van der Waals surface area (Å²) in [6.45, 7) is 2.84. The van der Waals surface area contributed by atoms with Gasteiger partial charge in [0.05, 0.1) is 11.3 Å². The first kappa shape index (κ1) is 17.9. The Kier molecular flexibility index (Phi) is 4.39. The molecule has 1 N–H and O–H groups in total. The molecule has 0 aromatic heterocycles. The van der Waals surface area contributed by atoms with E-state index in [2.05, 4.69) is 10.6 Å². The lowest BCUT2D eigenvalue weighted by molar-refractivity contribution is 0.0487. The number of carbonyl (C=O) groups excluding carboxylic acids is 1. The van der Waals surface area contributed by atoms with Crippen molar-refractivity contribution in [3.63, 3.8) is 0 Å². The Morgan fingerprint density at radius 3 is 2.48 bits per heavy atom. The molecule has 2 aliphatic carbocycles. The summed E-state index contributed by atoms with van der Waals surface area (Å²) in [4.78, 5) is 25.7. The number of nitrogens with zero attached hydrogens (tertiary/aromatic N) is 1. The average molecular weight is 363 g/mol. The predicted molar refractivity (Wildman–Crippen MR) is 108 cm³/mol. The number of Topliss-reactive ketones (excluding diaryl/α,β-unsaturated/α-hetero) is 1. The van der Waals surface area contributed by atoms with Crippen LogP contribution in [0.2, 0.25) is 0 Å². The lowest BCUT2D eigenvalue weighted by atomic mass is 9.90. The van der Waals surface area contributed by atoms with Gasteiger partial charge in [0.25, 0.3) is 0 Å². The van der Waals surface area contributed by atoms with E-state index in [-0.39, 0.29) is 11.0 Å². The van der Waals surface area contributed by atoms with E-state index < -0.39 is 11.4 Å². The molecular weight excluding hydrogens is 338 g/mol. The maximum absolute atomic E-state index is 13.1. The molecule has 0 bridgehead atoms. The highest BCUT2D eigenvalue weighted by Crippen LogP contribution is 2.36. The van der Waals surface area contributed by atoms with Crippen molar-refractivity contribution in [3.8, 4) is 11.3 Å². The van der Waals surface area contributed by atoms with E-state index in [4.69, 9.17) is 0 Å². The molecule has 0 radical (unpaired) electrons. The van der Waals surface area contributed by atoms with Crippen molar-refractivity contribution < 1.29 is 9.90 Å². The van der Waals surface area contributed by atoms with E-state index in [1.165, 1.54) is 33.1 Å². The summed E-state index contributed by atoms with van der Waals surface area (Å²) < 4.78 is 2.30. The van der Waals surface area contributed by atoms with Crippen LogP contribution in [0.4, 0.5) is 0 Å². The smallest absolute Gasteiger partial charge is 0.198 e. The molecule has 1 aromatic carbocycles. The summed E-state index contributed by atoms with van der Waals surface area (Å²) in [5, 5.41) is 11.1. The fourth-order valence-corrected chi connectivity index (χ4v) is 4.29. The number of aliphatic hydroxyl groups is 1. The van der Waals surface area contributed by atoms with Crippen LogP contribution in [0.15, 0.2) is 47.3 Å². The van der Waals surface area contributed by atoms with Gasteiger partial charge in [0.1, 0.15) is 5.60 Å². The summed E-state index contributed by atoms with van der Waals surface area (Å²) in [7, 11) is 0. The number of aromatic nitrogens is 1. The maximum Gasteiger partial charge on any atom is 0.198 e. The summed E-state index contributed by atoms with van der Waals surface area (Å²) in [5.74, 6) is -0.535. The first-order valence-corrected chi connectivity index (χ1v) is 9.72. The summed E-state index contributed by atoms with van der Waals surface area (Å²) >= 11 is 0. The van der Waals surface area contributed by atoms with Gasteiger partial charge in [0, 0.05) is 17.1 Å². The predicted octanol–water partition coefficient (Wildman–Crippen LogP) is 4.57. The summed E-state index contributed by atoms with van der Waals surface area (Å²) in [6.07, 6.45) is 5.86. The van der Waals surface area contributed by atoms with E-state index >= 15 is 0 Å². The molecule has 1 heterocycles. The van der Waals surface area contributed by atoms with Crippen LogP contribution in [-0.2, 0) is 0 Å². The number of fused-ring (bicyclic) bond motifs is 2. The van der Waals surface area contributed by atoms with Crippen molar-refractivity contribution in [3.05, 3.63) is 58.3 Å². The van der Waals surface area contributed by atoms with Gasteiger partial charge in [-0.05, 0) is 56.3 Å². The Morgan fingerprint density at radius 1 is 1.07 bits per heavy atom. The molecule has 1 fully saturated rings. The van der Waals surface area contributed by atoms with Crippen molar-refractivity contribution in [2.45, 2.75) is 57.6 Å². The molecule has 3 aliphatic rings. The van der Waals surface area contributed by atoms with E-state index in [1.807, 2.05) is 30.3 Å². The topological polar surface area (TPSA) is 59.3 Å². The molecule has 0 amide bonds. The highest BCUT2D eigenvalue weighted by molar-refractivity contribution is 6.03. The monoisotopic (exact) mass is 363 g/mol. The second kappa shape index (κ2) is 6.61. The van der Waals surface area contributed by atoms with Crippen molar-refractivity contribution in [2.75, 3.05) is 0 Å². The van der Waals surface area contributed by atoms with Crippen LogP contribution in [0, 0.1) is 0 Å². The van der Waals surface area contributed by atoms with E-state index in [0.717, 1.165) is 29.4 Å². The molecular formula is C23H25NO3. The maximum atomic E-state index is 13.1. The Hall–Kier alpha value is -2.46. The van der Waals surface area contributed by atoms with Gasteiger partial charge in [-0.1, -0.05) is 37.5 Å². The number of hydrogen-bond donors (Lipinski definition) is 1. The average Bonchev–Trinajstić information content (AvgIpc) is 2.66. The molecule has 4 rings (SSSR count). The third-order valence-electron chi connectivity index (χ3n) is 5.67. The molecule has 0 atom stereocenters. The third-order valence-corrected chi connectivity index (χ3v) is 5.67. The molecule has 0 spiro atoms. The SMILES string of the molecule is CC(C)(O)C(=O)c1ccc2n(C3CCCCC3)c3ccccc3cc-2c1=O. The van der Waals surface area contributed by atoms with Crippen molar-refractivity contribution in [1.29, 1.82) is 0 Å². The van der Waals surface area contributed by atoms with Crippen molar-refractivity contribution in [1.82, 2.24) is 4.57 Å². The second-order valence-corrected chi connectivity index (χ2v) is 8.13. The molecule has 1 aliphatic heterocycles. The fraction of sp³-hybridized carbons (Fsp3) is 0.391. The van der Waals surface area contributed by atoms with Gasteiger partial charge in [0.2, 0.25) is 0 Å². The normalized spacial score (nSPS) is 16.1. The number of rotatable bonds is 3. The van der Waals surface area contributed by atoms with Gasteiger partial charge in [-0.2, -0.15) is 0 Å². The Labute approximate surface area is 158 Å². The van der Waals surface area contributed by atoms with Crippen molar-refractivity contribution in [2.24, 2.45) is 0 Å². The van der Waals surface area contributed by atoms with Crippen LogP contribution in [0.5, 0.6) is 0 Å². The minimum Gasteiger partial charge on any atom is -0.382 e. The number of ketones is 1. The molecule has 4 heteroatoms. The lowest BCUT2D eigenvalue weighted by Crippen LogP contribution is -2.35. The Balaban J connectivity index is 2.01. The largest absolute Gasteiger partial charge is 0.382 e. The van der Waals surface area contributed by atoms with Crippen LogP contribution < -0.4 is 5.43 Å². The highest BCUT2D eigenvalue weighted by Gasteiger charge is 2.30. The van der Waals surface area contributed by atoms with Gasteiger partial charge >= 0.3 is 0 Å². The van der Waals surface area contributed by atoms with Crippen LogP contribution >= 0.6 is 0 Å². The standard InChI is InChI=1S/C23H25NO3/c1-23(2,27)22(26)17-12-13-20-18(21(17)25)14-15-8-6-7-11-19(15)24(20)16-9-4-3-5-10-16/h6-8,11-14,16,27H,3-5,9-10H2,1-2H3. The van der Waals surface area contributed by atoms with Crippen LogP contribution in [-0.4, -0.2) is 21.1 Å². The first-order valence-electron chi connectivity index (χ1n) is 9.72. The van der Waals surface area contributed by atoms with E-state index in [0.29, 0.717) is 11.6 Å². The van der Waals surface area contributed by atoms with Gasteiger partial charge in [-0.3, -0.25) is 9.59 Å². The van der Waals surface area contributed by atoms with Crippen LogP contribution in [0.1, 0.15) is 62.4 Å². The van der Waals surface area contributed by atoms with Crippen LogP contribution in [0.3, 0.4) is 0 Å². The molecule has 140 valence electrons. The van der Waals surface area contributed by atoms with Gasteiger partial charge in [-0.25, -0.2) is 0 Å². The number of carbonyl (C=O) groups is 1. The van der Waals surface area contributed by atoms with Gasteiger partial charge in [0.15, 0.2) is 11.2 Å². The number of para-hydroxylation sites is 1. The Bertz CT molecular complexity index is 1040. The number of pyridine rings is 1. The first-order chi connectivity index (χ1) is 12.9. The second-order valence-electron chi connectivity index (χ2n) is 8.13. The molecule has 4 nitrogen and oxygen atoms in total. The zero-order chi connectivity index (χ0) is 19.2. The minimum atomic E-state index is -1.57. The highest BCUT2D eigenvalue weighted by atomic mass is 16.3. The fourth-order valence-electron chi connectivity index (χ4n) is 4.29. The Morgan fingerprint density at radius 2 is 1.78 bits per heavy atom. The summed E-state index contributed by atoms with van der Waals surface area (Å²) in [6, 6.07) is 13.8. The minimum absolute atomic E-state index is 0.0560. The molecule has 27 heavy (non-hydrogen) atoms. The molecule has 0 saturated heterocycles. The van der Waals surface area contributed by atoms with Gasteiger partial charge < -0.3 is 9.67 Å². The molecule has 1 saturated carbocycles. The summed E-state index contributed by atoms with van der Waals surface area (Å²) in [5.41, 5.74) is 0.740. The van der Waals surface area contributed by atoms with Gasteiger partial charge in [-0.15, -0.1) is 0 Å². The zero-order valence-corrected chi connectivity index (χ0v) is 15.9.